The number of amides is 1. The number of nitrogens with two attached hydrogens (primary N) is 1. The Morgan fingerprint density at radius 3 is 2.37 bits per heavy atom. The van der Waals surface area contributed by atoms with Crippen LogP contribution in [0.2, 0.25) is 0 Å². The van der Waals surface area contributed by atoms with Crippen LogP contribution in [0.25, 0.3) is 0 Å². The van der Waals surface area contributed by atoms with E-state index in [9.17, 15) is 4.79 Å². The molecule has 1 aromatic carbocycles. The molecule has 0 aromatic heterocycles. The van der Waals surface area contributed by atoms with Crippen molar-refractivity contribution in [2.45, 2.75) is 19.8 Å². The Kier molecular flexibility index (Phi) is 7.43. The fraction of sp³-hybridized carbons (Fsp3) is 0.500. The third-order valence-corrected chi connectivity index (χ3v) is 2.46. The van der Waals surface area contributed by atoms with Gasteiger partial charge in [0, 0.05) is 6.54 Å². The third-order valence-electron chi connectivity index (χ3n) is 2.46. The van der Waals surface area contributed by atoms with Gasteiger partial charge in [-0.3, -0.25) is 4.79 Å². The molecule has 19 heavy (non-hydrogen) atoms. The molecular formula is C14H22N2O3. The lowest BCUT2D eigenvalue weighted by Gasteiger charge is -2.08. The molecular weight excluding hydrogens is 244 g/mol. The zero-order chi connectivity index (χ0) is 13.9. The number of carbonyl (C=O) groups is 1. The fourth-order valence-electron chi connectivity index (χ4n) is 1.50. The number of carbonyl (C=O) groups excluding carboxylic acids is 1. The number of rotatable bonds is 9. The van der Waals surface area contributed by atoms with Gasteiger partial charge < -0.3 is 20.5 Å². The van der Waals surface area contributed by atoms with Crippen molar-refractivity contribution < 1.29 is 14.3 Å². The molecule has 1 aromatic rings. The Morgan fingerprint density at radius 1 is 1.16 bits per heavy atom. The van der Waals surface area contributed by atoms with E-state index in [0.717, 1.165) is 18.6 Å². The Morgan fingerprint density at radius 2 is 1.79 bits per heavy atom. The normalized spacial score (nSPS) is 10.0. The average molecular weight is 266 g/mol. The monoisotopic (exact) mass is 266 g/mol. The number of nitrogens with one attached hydrogen (secondary N) is 1. The van der Waals surface area contributed by atoms with Crippen molar-refractivity contribution in [1.82, 2.24) is 5.32 Å². The van der Waals surface area contributed by atoms with Crippen molar-refractivity contribution in [3.63, 3.8) is 0 Å². The number of benzene rings is 1. The van der Waals surface area contributed by atoms with Crippen LogP contribution in [0, 0.1) is 0 Å². The van der Waals surface area contributed by atoms with Gasteiger partial charge in [-0.25, -0.2) is 0 Å². The summed E-state index contributed by atoms with van der Waals surface area (Å²) in [6.45, 7) is 3.88. The summed E-state index contributed by atoms with van der Waals surface area (Å²) in [6, 6.07) is 7.20. The van der Waals surface area contributed by atoms with E-state index in [0.29, 0.717) is 25.4 Å². The maximum absolute atomic E-state index is 11.5. The topological polar surface area (TPSA) is 73.6 Å². The summed E-state index contributed by atoms with van der Waals surface area (Å²) >= 11 is 0. The summed E-state index contributed by atoms with van der Waals surface area (Å²) in [7, 11) is 0. The second kappa shape index (κ2) is 9.22. The van der Waals surface area contributed by atoms with Gasteiger partial charge in [-0.1, -0.05) is 0 Å². The van der Waals surface area contributed by atoms with Gasteiger partial charge in [0.2, 0.25) is 0 Å². The van der Waals surface area contributed by atoms with Crippen molar-refractivity contribution in [3.05, 3.63) is 24.3 Å². The molecule has 0 aliphatic heterocycles. The highest BCUT2D eigenvalue weighted by atomic mass is 16.5. The lowest BCUT2D eigenvalue weighted by molar-refractivity contribution is -0.123. The molecule has 0 radical (unpaired) electrons. The molecule has 1 amide bonds. The van der Waals surface area contributed by atoms with E-state index in [-0.39, 0.29) is 12.5 Å². The van der Waals surface area contributed by atoms with Crippen LogP contribution in [0.15, 0.2) is 24.3 Å². The van der Waals surface area contributed by atoms with E-state index in [1.54, 1.807) is 12.1 Å². The molecule has 5 heteroatoms. The van der Waals surface area contributed by atoms with Gasteiger partial charge in [-0.2, -0.15) is 0 Å². The minimum Gasteiger partial charge on any atom is -0.494 e. The number of ether oxygens (including phenoxy) is 2. The van der Waals surface area contributed by atoms with Gasteiger partial charge in [0.25, 0.3) is 5.91 Å². The molecule has 0 bridgehead atoms. The largest absolute Gasteiger partial charge is 0.494 e. The Balaban J connectivity index is 2.22. The van der Waals surface area contributed by atoms with Gasteiger partial charge in [-0.05, 0) is 50.6 Å². The smallest absolute Gasteiger partial charge is 0.257 e. The molecule has 0 heterocycles. The number of hydrogen-bond donors (Lipinski definition) is 2. The summed E-state index contributed by atoms with van der Waals surface area (Å²) in [5, 5.41) is 2.78. The van der Waals surface area contributed by atoms with Crippen LogP contribution in [0.5, 0.6) is 11.5 Å². The molecule has 0 fully saturated rings. The van der Waals surface area contributed by atoms with Gasteiger partial charge in [0.1, 0.15) is 11.5 Å². The Bertz CT molecular complexity index is 365. The molecule has 0 aliphatic rings. The molecule has 106 valence electrons. The maximum atomic E-state index is 11.5. The fourth-order valence-corrected chi connectivity index (χ4v) is 1.50. The minimum absolute atomic E-state index is 0.0244. The molecule has 0 unspecified atom stereocenters. The highest BCUT2D eigenvalue weighted by molar-refractivity contribution is 5.77. The highest BCUT2D eigenvalue weighted by Crippen LogP contribution is 2.17. The average Bonchev–Trinajstić information content (AvgIpc) is 2.43. The molecule has 0 spiro atoms. The van der Waals surface area contributed by atoms with Gasteiger partial charge in [-0.15, -0.1) is 0 Å². The molecule has 5 nitrogen and oxygen atoms in total. The number of hydrogen-bond acceptors (Lipinski definition) is 4. The molecule has 0 saturated carbocycles. The standard InChI is InChI=1S/C14H22N2O3/c1-2-18-12-5-7-13(8-6-12)19-11-14(17)16-10-4-3-9-15/h5-8H,2-4,9-11,15H2,1H3,(H,16,17). The van der Waals surface area contributed by atoms with E-state index in [2.05, 4.69) is 5.32 Å². The van der Waals surface area contributed by atoms with Crippen LogP contribution < -0.4 is 20.5 Å². The quantitative estimate of drug-likeness (QED) is 0.661. The minimum atomic E-state index is -0.120. The first-order chi connectivity index (χ1) is 9.26. The lowest BCUT2D eigenvalue weighted by Crippen LogP contribution is -2.29. The molecule has 1 rings (SSSR count). The van der Waals surface area contributed by atoms with Crippen LogP contribution in [0.3, 0.4) is 0 Å². The summed E-state index contributed by atoms with van der Waals surface area (Å²) < 4.78 is 10.7. The Hall–Kier alpha value is -1.75. The second-order valence-corrected chi connectivity index (χ2v) is 4.04. The predicted octanol–water partition coefficient (Wildman–Crippen LogP) is 1.32. The van der Waals surface area contributed by atoms with Gasteiger partial charge in [0.15, 0.2) is 6.61 Å². The van der Waals surface area contributed by atoms with Crippen LogP contribution in [-0.4, -0.2) is 32.2 Å². The van der Waals surface area contributed by atoms with E-state index in [4.69, 9.17) is 15.2 Å². The predicted molar refractivity (Wildman–Crippen MR) is 74.4 cm³/mol. The van der Waals surface area contributed by atoms with Crippen LogP contribution >= 0.6 is 0 Å². The first-order valence-corrected chi connectivity index (χ1v) is 6.58. The van der Waals surface area contributed by atoms with Crippen LogP contribution in [0.4, 0.5) is 0 Å². The van der Waals surface area contributed by atoms with E-state index >= 15 is 0 Å². The van der Waals surface area contributed by atoms with Crippen molar-refractivity contribution in [1.29, 1.82) is 0 Å². The highest BCUT2D eigenvalue weighted by Gasteiger charge is 2.02. The summed E-state index contributed by atoms with van der Waals surface area (Å²) in [6.07, 6.45) is 1.81. The van der Waals surface area contributed by atoms with Gasteiger partial charge >= 0.3 is 0 Å². The molecule has 0 aliphatic carbocycles. The number of unbranched alkanes of at least 4 members (excludes halogenated alkanes) is 1. The van der Waals surface area contributed by atoms with Crippen molar-refractivity contribution in [2.75, 3.05) is 26.3 Å². The first kappa shape index (κ1) is 15.3. The van der Waals surface area contributed by atoms with E-state index in [1.807, 2.05) is 19.1 Å². The lowest BCUT2D eigenvalue weighted by atomic mass is 10.3. The third kappa shape index (κ3) is 6.67. The van der Waals surface area contributed by atoms with E-state index in [1.165, 1.54) is 0 Å². The first-order valence-electron chi connectivity index (χ1n) is 6.58. The zero-order valence-corrected chi connectivity index (χ0v) is 11.4. The molecule has 0 saturated heterocycles. The van der Waals surface area contributed by atoms with Crippen molar-refractivity contribution in [2.24, 2.45) is 5.73 Å². The van der Waals surface area contributed by atoms with Crippen molar-refractivity contribution in [3.8, 4) is 11.5 Å². The maximum Gasteiger partial charge on any atom is 0.257 e. The second-order valence-electron chi connectivity index (χ2n) is 4.04. The summed E-state index contributed by atoms with van der Waals surface area (Å²) in [5.74, 6) is 1.33. The SMILES string of the molecule is CCOc1ccc(OCC(=O)NCCCCN)cc1. The Labute approximate surface area is 114 Å². The van der Waals surface area contributed by atoms with Crippen LogP contribution in [-0.2, 0) is 4.79 Å². The van der Waals surface area contributed by atoms with Crippen molar-refractivity contribution >= 4 is 5.91 Å². The summed E-state index contributed by atoms with van der Waals surface area (Å²) in [5.41, 5.74) is 5.37. The molecule has 0 atom stereocenters. The zero-order valence-electron chi connectivity index (χ0n) is 11.4. The van der Waals surface area contributed by atoms with Gasteiger partial charge in [0.05, 0.1) is 6.61 Å². The summed E-state index contributed by atoms with van der Waals surface area (Å²) in [4.78, 5) is 11.5. The van der Waals surface area contributed by atoms with Crippen LogP contribution in [0.1, 0.15) is 19.8 Å². The molecule has 3 N–H and O–H groups in total. The van der Waals surface area contributed by atoms with E-state index < -0.39 is 0 Å².